The molecule has 0 aromatic heterocycles. The first-order valence-corrected chi connectivity index (χ1v) is 4.23. The van der Waals surface area contributed by atoms with Crippen LogP contribution in [0.25, 0.3) is 0 Å². The van der Waals surface area contributed by atoms with Crippen LogP contribution >= 0.6 is 22.6 Å². The molecule has 0 radical (unpaired) electrons. The summed E-state index contributed by atoms with van der Waals surface area (Å²) in [5, 5.41) is 8.42. The highest BCUT2D eigenvalue weighted by molar-refractivity contribution is 14.1. The highest BCUT2D eigenvalue weighted by Gasteiger charge is 2.12. The van der Waals surface area contributed by atoms with Crippen molar-refractivity contribution in [1.82, 2.24) is 0 Å². The van der Waals surface area contributed by atoms with E-state index >= 15 is 0 Å². The van der Waals surface area contributed by atoms with Crippen molar-refractivity contribution in [3.63, 3.8) is 0 Å². The summed E-state index contributed by atoms with van der Waals surface area (Å²) in [5.74, 6) is -1.13. The molecule has 0 aromatic carbocycles. The standard InChI is InChI=1S/C5H10INO2/c6-2-1-4(3-7)5(8)9/h4H,1-3,7H2,(H,8,9). The molecule has 0 aliphatic rings. The summed E-state index contributed by atoms with van der Waals surface area (Å²) < 4.78 is 0.853. The highest BCUT2D eigenvalue weighted by atomic mass is 127. The maximum absolute atomic E-state index is 10.2. The molecule has 0 aliphatic heterocycles. The van der Waals surface area contributed by atoms with E-state index in [0.717, 1.165) is 4.43 Å². The lowest BCUT2D eigenvalue weighted by Crippen LogP contribution is -2.23. The second-order valence-electron chi connectivity index (χ2n) is 1.75. The Morgan fingerprint density at radius 2 is 2.33 bits per heavy atom. The molecule has 4 heteroatoms. The number of carboxylic acid groups (broad SMARTS) is 1. The molecule has 0 amide bonds. The van der Waals surface area contributed by atoms with Gasteiger partial charge in [-0.2, -0.15) is 0 Å². The smallest absolute Gasteiger partial charge is 0.307 e. The number of nitrogens with two attached hydrogens (primary N) is 1. The molecule has 1 unspecified atom stereocenters. The van der Waals surface area contributed by atoms with Crippen molar-refractivity contribution in [2.45, 2.75) is 6.42 Å². The number of hydrogen-bond acceptors (Lipinski definition) is 2. The van der Waals surface area contributed by atoms with Crippen molar-refractivity contribution in [2.75, 3.05) is 11.0 Å². The van der Waals surface area contributed by atoms with Crippen molar-refractivity contribution in [3.8, 4) is 0 Å². The molecule has 54 valence electrons. The van der Waals surface area contributed by atoms with Crippen LogP contribution in [-0.4, -0.2) is 22.0 Å². The van der Waals surface area contributed by atoms with Gasteiger partial charge in [-0.25, -0.2) is 0 Å². The minimum atomic E-state index is -0.783. The van der Waals surface area contributed by atoms with Gasteiger partial charge in [-0.05, 0) is 6.42 Å². The molecule has 0 aromatic rings. The molecule has 3 nitrogen and oxygen atoms in total. The number of hydrogen-bond donors (Lipinski definition) is 2. The van der Waals surface area contributed by atoms with E-state index in [1.54, 1.807) is 0 Å². The fourth-order valence-corrected chi connectivity index (χ4v) is 1.23. The predicted molar refractivity (Wildman–Crippen MR) is 43.7 cm³/mol. The molecule has 0 aliphatic carbocycles. The SMILES string of the molecule is NCC(CCI)C(=O)O. The first kappa shape index (κ1) is 9.16. The number of alkyl halides is 1. The molecular weight excluding hydrogens is 233 g/mol. The lowest BCUT2D eigenvalue weighted by atomic mass is 10.1. The Labute approximate surface area is 67.8 Å². The van der Waals surface area contributed by atoms with E-state index < -0.39 is 5.97 Å². The Kier molecular flexibility index (Phi) is 5.07. The van der Waals surface area contributed by atoms with Gasteiger partial charge >= 0.3 is 5.97 Å². The van der Waals surface area contributed by atoms with E-state index in [1.165, 1.54) is 0 Å². The molecule has 0 saturated carbocycles. The van der Waals surface area contributed by atoms with E-state index in [4.69, 9.17) is 10.8 Å². The molecule has 9 heavy (non-hydrogen) atoms. The fraction of sp³-hybridized carbons (Fsp3) is 0.800. The molecule has 1 atom stereocenters. The fourth-order valence-electron chi connectivity index (χ4n) is 0.474. The largest absolute Gasteiger partial charge is 0.481 e. The number of carboxylic acids is 1. The third kappa shape index (κ3) is 3.69. The van der Waals surface area contributed by atoms with Crippen LogP contribution in [0.4, 0.5) is 0 Å². The van der Waals surface area contributed by atoms with Gasteiger partial charge in [0.1, 0.15) is 0 Å². The van der Waals surface area contributed by atoms with E-state index in [1.807, 2.05) is 0 Å². The van der Waals surface area contributed by atoms with Gasteiger partial charge in [-0.15, -0.1) is 0 Å². The first-order valence-electron chi connectivity index (χ1n) is 2.71. The lowest BCUT2D eigenvalue weighted by molar-refractivity contribution is -0.141. The molecule has 0 bridgehead atoms. The Morgan fingerprint density at radius 3 is 2.44 bits per heavy atom. The van der Waals surface area contributed by atoms with Gasteiger partial charge in [-0.3, -0.25) is 4.79 Å². The van der Waals surface area contributed by atoms with Gasteiger partial charge in [0.15, 0.2) is 0 Å². The van der Waals surface area contributed by atoms with Gasteiger partial charge in [0.25, 0.3) is 0 Å². The third-order valence-corrected chi connectivity index (χ3v) is 1.71. The zero-order valence-electron chi connectivity index (χ0n) is 5.01. The van der Waals surface area contributed by atoms with Crippen molar-refractivity contribution >= 4 is 28.6 Å². The van der Waals surface area contributed by atoms with Crippen LogP contribution in [0.3, 0.4) is 0 Å². The van der Waals surface area contributed by atoms with Gasteiger partial charge in [-0.1, -0.05) is 22.6 Å². The van der Waals surface area contributed by atoms with E-state index in [9.17, 15) is 4.79 Å². The average Bonchev–Trinajstić information content (AvgIpc) is 1.82. The van der Waals surface area contributed by atoms with Crippen molar-refractivity contribution in [3.05, 3.63) is 0 Å². The monoisotopic (exact) mass is 243 g/mol. The highest BCUT2D eigenvalue weighted by Crippen LogP contribution is 2.03. The Bertz CT molecular complexity index is 97.0. The zero-order valence-corrected chi connectivity index (χ0v) is 7.17. The summed E-state index contributed by atoms with van der Waals surface area (Å²) in [5.41, 5.74) is 5.18. The normalized spacial score (nSPS) is 13.1. The van der Waals surface area contributed by atoms with Crippen LogP contribution in [0.2, 0.25) is 0 Å². The summed E-state index contributed by atoms with van der Waals surface area (Å²) in [6, 6.07) is 0. The topological polar surface area (TPSA) is 63.3 Å². The molecule has 0 heterocycles. The van der Waals surface area contributed by atoms with Gasteiger partial charge in [0, 0.05) is 11.0 Å². The molecule has 0 saturated heterocycles. The van der Waals surface area contributed by atoms with Gasteiger partial charge in [0.2, 0.25) is 0 Å². The lowest BCUT2D eigenvalue weighted by Gasteiger charge is -2.04. The molecule has 0 fully saturated rings. The molecule has 0 rings (SSSR count). The summed E-state index contributed by atoms with van der Waals surface area (Å²) in [7, 11) is 0. The molecule has 0 spiro atoms. The number of rotatable bonds is 4. The Morgan fingerprint density at radius 1 is 1.78 bits per heavy atom. The molecular formula is C5H10INO2. The quantitative estimate of drug-likeness (QED) is 0.557. The van der Waals surface area contributed by atoms with Gasteiger partial charge < -0.3 is 10.8 Å². The minimum Gasteiger partial charge on any atom is -0.481 e. The van der Waals surface area contributed by atoms with Gasteiger partial charge in [0.05, 0.1) is 5.92 Å². The predicted octanol–water partition coefficient (Wildman–Crippen LogP) is 0.471. The second kappa shape index (κ2) is 4.99. The number of halogens is 1. The first-order chi connectivity index (χ1) is 4.22. The summed E-state index contributed by atoms with van der Waals surface area (Å²) in [6.07, 6.45) is 0.673. The van der Waals surface area contributed by atoms with Crippen molar-refractivity contribution < 1.29 is 9.90 Å². The number of aliphatic carboxylic acids is 1. The second-order valence-corrected chi connectivity index (χ2v) is 2.83. The maximum atomic E-state index is 10.2. The van der Waals surface area contributed by atoms with Crippen LogP contribution in [-0.2, 0) is 4.79 Å². The van der Waals surface area contributed by atoms with Crippen LogP contribution in [0.5, 0.6) is 0 Å². The summed E-state index contributed by atoms with van der Waals surface area (Å²) >= 11 is 2.14. The minimum absolute atomic E-state index is 0.248. The van der Waals surface area contributed by atoms with Crippen LogP contribution < -0.4 is 5.73 Å². The average molecular weight is 243 g/mol. The Hall–Kier alpha value is 0.160. The third-order valence-electron chi connectivity index (χ3n) is 1.09. The van der Waals surface area contributed by atoms with Crippen molar-refractivity contribution in [2.24, 2.45) is 11.7 Å². The Balaban J connectivity index is 3.54. The van der Waals surface area contributed by atoms with E-state index in [2.05, 4.69) is 22.6 Å². The van der Waals surface area contributed by atoms with Crippen LogP contribution in [0, 0.1) is 5.92 Å². The summed E-state index contributed by atoms with van der Waals surface area (Å²) in [6.45, 7) is 0.248. The van der Waals surface area contributed by atoms with Crippen molar-refractivity contribution in [1.29, 1.82) is 0 Å². The maximum Gasteiger partial charge on any atom is 0.307 e. The van der Waals surface area contributed by atoms with Crippen LogP contribution in [0.15, 0.2) is 0 Å². The number of carbonyl (C=O) groups is 1. The van der Waals surface area contributed by atoms with E-state index in [-0.39, 0.29) is 12.5 Å². The van der Waals surface area contributed by atoms with E-state index in [0.29, 0.717) is 6.42 Å². The summed E-state index contributed by atoms with van der Waals surface area (Å²) in [4.78, 5) is 10.2. The zero-order chi connectivity index (χ0) is 7.28. The molecule has 3 N–H and O–H groups in total. The van der Waals surface area contributed by atoms with Crippen LogP contribution in [0.1, 0.15) is 6.42 Å².